The number of anilines is 1. The molecule has 2 aromatic carbocycles. The van der Waals surface area contributed by atoms with Crippen LogP contribution in [0.25, 0.3) is 0 Å². The van der Waals surface area contributed by atoms with E-state index in [9.17, 15) is 4.39 Å². The standard InChI is InChI=1S/C14H12Cl2FN/c1-9-4-11(17)7-12(5-9)18-8-10-2-3-13(15)14(16)6-10/h2-7,18H,8H2,1H3. The summed E-state index contributed by atoms with van der Waals surface area (Å²) in [6, 6.07) is 10.3. The Hall–Kier alpha value is -1.25. The van der Waals surface area contributed by atoms with Crippen molar-refractivity contribution >= 4 is 28.9 Å². The maximum Gasteiger partial charge on any atom is 0.125 e. The maximum absolute atomic E-state index is 13.2. The van der Waals surface area contributed by atoms with Gasteiger partial charge in [0.15, 0.2) is 0 Å². The predicted molar refractivity (Wildman–Crippen MR) is 74.9 cm³/mol. The zero-order valence-corrected chi connectivity index (χ0v) is 11.3. The summed E-state index contributed by atoms with van der Waals surface area (Å²) in [5, 5.41) is 4.20. The van der Waals surface area contributed by atoms with E-state index in [4.69, 9.17) is 23.2 Å². The molecule has 0 bridgehead atoms. The Morgan fingerprint density at radius 1 is 1.06 bits per heavy atom. The van der Waals surface area contributed by atoms with Crippen molar-refractivity contribution in [1.82, 2.24) is 0 Å². The van der Waals surface area contributed by atoms with Crippen LogP contribution in [0.5, 0.6) is 0 Å². The van der Waals surface area contributed by atoms with Gasteiger partial charge in [-0.2, -0.15) is 0 Å². The van der Waals surface area contributed by atoms with Crippen molar-refractivity contribution in [2.45, 2.75) is 13.5 Å². The third kappa shape index (κ3) is 3.37. The molecule has 1 N–H and O–H groups in total. The van der Waals surface area contributed by atoms with Crippen molar-refractivity contribution in [2.75, 3.05) is 5.32 Å². The van der Waals surface area contributed by atoms with E-state index in [0.29, 0.717) is 16.6 Å². The van der Waals surface area contributed by atoms with Crippen molar-refractivity contribution in [2.24, 2.45) is 0 Å². The Kier molecular flexibility index (Phi) is 4.10. The molecular weight excluding hydrogens is 272 g/mol. The highest BCUT2D eigenvalue weighted by Crippen LogP contribution is 2.23. The number of rotatable bonds is 3. The van der Waals surface area contributed by atoms with Gasteiger partial charge in [-0.05, 0) is 48.4 Å². The predicted octanol–water partition coefficient (Wildman–Crippen LogP) is 5.05. The largest absolute Gasteiger partial charge is 0.381 e. The monoisotopic (exact) mass is 283 g/mol. The van der Waals surface area contributed by atoms with Gasteiger partial charge in [-0.1, -0.05) is 29.3 Å². The topological polar surface area (TPSA) is 12.0 Å². The smallest absolute Gasteiger partial charge is 0.125 e. The summed E-state index contributed by atoms with van der Waals surface area (Å²) >= 11 is 11.8. The molecule has 0 fully saturated rings. The molecular formula is C14H12Cl2FN. The molecule has 0 aromatic heterocycles. The van der Waals surface area contributed by atoms with Crippen LogP contribution in [0.4, 0.5) is 10.1 Å². The third-order valence-electron chi connectivity index (χ3n) is 2.52. The van der Waals surface area contributed by atoms with E-state index < -0.39 is 0 Å². The molecule has 0 aliphatic rings. The average Bonchev–Trinajstić information content (AvgIpc) is 2.29. The van der Waals surface area contributed by atoms with Gasteiger partial charge >= 0.3 is 0 Å². The maximum atomic E-state index is 13.2. The fraction of sp³-hybridized carbons (Fsp3) is 0.143. The molecule has 0 aliphatic carbocycles. The van der Waals surface area contributed by atoms with E-state index in [1.54, 1.807) is 12.1 Å². The van der Waals surface area contributed by atoms with E-state index in [2.05, 4.69) is 5.32 Å². The summed E-state index contributed by atoms with van der Waals surface area (Å²) in [7, 11) is 0. The van der Waals surface area contributed by atoms with Crippen molar-refractivity contribution < 1.29 is 4.39 Å². The van der Waals surface area contributed by atoms with Crippen molar-refractivity contribution in [1.29, 1.82) is 0 Å². The summed E-state index contributed by atoms with van der Waals surface area (Å²) in [4.78, 5) is 0. The Morgan fingerprint density at radius 2 is 1.83 bits per heavy atom. The lowest BCUT2D eigenvalue weighted by atomic mass is 10.2. The van der Waals surface area contributed by atoms with Crippen LogP contribution in [0.3, 0.4) is 0 Å². The fourth-order valence-corrected chi connectivity index (χ4v) is 2.01. The van der Waals surface area contributed by atoms with E-state index in [1.807, 2.05) is 19.1 Å². The first kappa shape index (κ1) is 13.2. The van der Waals surface area contributed by atoms with Gasteiger partial charge in [-0.25, -0.2) is 4.39 Å². The van der Waals surface area contributed by atoms with Crippen molar-refractivity contribution in [3.63, 3.8) is 0 Å². The van der Waals surface area contributed by atoms with Gasteiger partial charge in [0.05, 0.1) is 10.0 Å². The molecule has 0 saturated carbocycles. The van der Waals surface area contributed by atoms with Gasteiger partial charge in [-0.15, -0.1) is 0 Å². The van der Waals surface area contributed by atoms with Gasteiger partial charge in [0.2, 0.25) is 0 Å². The second-order valence-electron chi connectivity index (χ2n) is 4.12. The molecule has 0 saturated heterocycles. The van der Waals surface area contributed by atoms with Crippen LogP contribution in [0.15, 0.2) is 36.4 Å². The number of hydrogen-bond acceptors (Lipinski definition) is 1. The minimum atomic E-state index is -0.244. The number of nitrogens with one attached hydrogen (secondary N) is 1. The Bertz CT molecular complexity index is 549. The molecule has 0 spiro atoms. The second kappa shape index (κ2) is 5.59. The number of halogens is 3. The summed E-state index contributed by atoms with van der Waals surface area (Å²) in [6.07, 6.45) is 0. The lowest BCUT2D eigenvalue weighted by Gasteiger charge is -2.08. The Labute approximate surface area is 116 Å². The summed E-state index contributed by atoms with van der Waals surface area (Å²) in [5.41, 5.74) is 2.62. The van der Waals surface area contributed by atoms with Crippen molar-refractivity contribution in [3.8, 4) is 0 Å². The molecule has 0 radical (unpaired) electrons. The van der Waals surface area contributed by atoms with Gasteiger partial charge in [0.25, 0.3) is 0 Å². The van der Waals surface area contributed by atoms with Crippen LogP contribution in [0.1, 0.15) is 11.1 Å². The van der Waals surface area contributed by atoms with Gasteiger partial charge < -0.3 is 5.32 Å². The summed E-state index contributed by atoms with van der Waals surface area (Å²) < 4.78 is 13.2. The highest BCUT2D eigenvalue weighted by Gasteiger charge is 2.01. The molecule has 18 heavy (non-hydrogen) atoms. The molecule has 0 atom stereocenters. The zero-order valence-electron chi connectivity index (χ0n) is 9.81. The quantitative estimate of drug-likeness (QED) is 0.831. The molecule has 2 aromatic rings. The fourth-order valence-electron chi connectivity index (χ4n) is 1.69. The molecule has 1 nitrogen and oxygen atoms in total. The highest BCUT2D eigenvalue weighted by molar-refractivity contribution is 6.42. The first-order chi connectivity index (χ1) is 8.54. The Morgan fingerprint density at radius 3 is 2.50 bits per heavy atom. The number of aryl methyl sites for hydroxylation is 1. The first-order valence-corrected chi connectivity index (χ1v) is 6.25. The number of hydrogen-bond donors (Lipinski definition) is 1. The normalized spacial score (nSPS) is 10.4. The van der Waals surface area contributed by atoms with Crippen molar-refractivity contribution in [3.05, 3.63) is 63.4 Å². The third-order valence-corrected chi connectivity index (χ3v) is 3.26. The van der Waals surface area contributed by atoms with Gasteiger partial charge in [-0.3, -0.25) is 0 Å². The second-order valence-corrected chi connectivity index (χ2v) is 4.93. The summed E-state index contributed by atoms with van der Waals surface area (Å²) in [6.45, 7) is 2.42. The van der Waals surface area contributed by atoms with Crippen LogP contribution >= 0.6 is 23.2 Å². The molecule has 2 rings (SSSR count). The summed E-state index contributed by atoms with van der Waals surface area (Å²) in [5.74, 6) is -0.244. The van der Waals surface area contributed by atoms with Crippen LogP contribution in [0, 0.1) is 12.7 Å². The lowest BCUT2D eigenvalue weighted by Crippen LogP contribution is -2.00. The van der Waals surface area contributed by atoms with E-state index in [0.717, 1.165) is 16.8 Å². The molecule has 0 unspecified atom stereocenters. The zero-order chi connectivity index (χ0) is 13.1. The van der Waals surface area contributed by atoms with E-state index >= 15 is 0 Å². The molecule has 4 heteroatoms. The molecule has 0 heterocycles. The highest BCUT2D eigenvalue weighted by atomic mass is 35.5. The SMILES string of the molecule is Cc1cc(F)cc(NCc2ccc(Cl)c(Cl)c2)c1. The molecule has 0 amide bonds. The Balaban J connectivity index is 2.08. The minimum absolute atomic E-state index is 0.244. The van der Waals surface area contributed by atoms with Gasteiger partial charge in [0.1, 0.15) is 5.82 Å². The van der Waals surface area contributed by atoms with E-state index in [1.165, 1.54) is 12.1 Å². The van der Waals surface area contributed by atoms with E-state index in [-0.39, 0.29) is 5.82 Å². The van der Waals surface area contributed by atoms with Crippen LogP contribution < -0.4 is 5.32 Å². The van der Waals surface area contributed by atoms with Crippen LogP contribution in [0.2, 0.25) is 10.0 Å². The number of benzene rings is 2. The molecule has 94 valence electrons. The first-order valence-electron chi connectivity index (χ1n) is 5.49. The van der Waals surface area contributed by atoms with Crippen LogP contribution in [-0.2, 0) is 6.54 Å². The average molecular weight is 284 g/mol. The molecule has 0 aliphatic heterocycles. The van der Waals surface area contributed by atoms with Gasteiger partial charge in [0, 0.05) is 12.2 Å². The van der Waals surface area contributed by atoms with Crippen LogP contribution in [-0.4, -0.2) is 0 Å². The minimum Gasteiger partial charge on any atom is -0.381 e. The lowest BCUT2D eigenvalue weighted by molar-refractivity contribution is 0.627.